The Bertz CT molecular complexity index is 352. The van der Waals surface area contributed by atoms with Crippen LogP contribution in [0.5, 0.6) is 0 Å². The van der Waals surface area contributed by atoms with Crippen LogP contribution in [0.3, 0.4) is 0 Å². The summed E-state index contributed by atoms with van der Waals surface area (Å²) in [7, 11) is 0. The first-order valence-corrected chi connectivity index (χ1v) is 4.56. The van der Waals surface area contributed by atoms with E-state index < -0.39 is 0 Å². The minimum atomic E-state index is -0.265. The molecule has 1 aromatic heterocycles. The van der Waals surface area contributed by atoms with Crippen LogP contribution in [0.4, 0.5) is 0 Å². The molecule has 13 heavy (non-hydrogen) atoms. The molecule has 4 heteroatoms. The first-order chi connectivity index (χ1) is 6.27. The molecule has 1 fully saturated rings. The molecule has 70 valence electrons. The van der Waals surface area contributed by atoms with Crippen molar-refractivity contribution in [2.75, 3.05) is 6.54 Å². The molecular formula is C9H13N3O. The molecule has 4 nitrogen and oxygen atoms in total. The highest BCUT2D eigenvalue weighted by Crippen LogP contribution is 2.22. The summed E-state index contributed by atoms with van der Waals surface area (Å²) in [6.07, 6.45) is 4.01. The number of rotatable bonds is 1. The van der Waals surface area contributed by atoms with Crippen LogP contribution in [-0.4, -0.2) is 16.5 Å². The van der Waals surface area contributed by atoms with Crippen molar-refractivity contribution in [3.05, 3.63) is 27.9 Å². The first kappa shape index (κ1) is 8.44. The standard InChI is InChI=1S/C9H13N3O/c1-6-7(5-11-9(13)12-6)8-3-2-4-10-8/h5,8,10H,2-4H2,1H3,(H,11,12,13). The van der Waals surface area contributed by atoms with Gasteiger partial charge in [0.15, 0.2) is 0 Å². The van der Waals surface area contributed by atoms with Crippen molar-refractivity contribution in [1.29, 1.82) is 0 Å². The maximum atomic E-state index is 10.9. The van der Waals surface area contributed by atoms with Crippen molar-refractivity contribution >= 4 is 0 Å². The number of H-pyrrole nitrogens is 1. The van der Waals surface area contributed by atoms with Gasteiger partial charge in [0.25, 0.3) is 0 Å². The summed E-state index contributed by atoms with van der Waals surface area (Å²) in [5, 5.41) is 3.37. The van der Waals surface area contributed by atoms with Gasteiger partial charge in [-0.1, -0.05) is 0 Å². The van der Waals surface area contributed by atoms with E-state index in [-0.39, 0.29) is 5.69 Å². The third-order valence-electron chi connectivity index (χ3n) is 2.48. The smallest absolute Gasteiger partial charge is 0.310 e. The van der Waals surface area contributed by atoms with Gasteiger partial charge in [-0.25, -0.2) is 9.78 Å². The van der Waals surface area contributed by atoms with Gasteiger partial charge in [0.1, 0.15) is 0 Å². The third-order valence-corrected chi connectivity index (χ3v) is 2.48. The molecule has 0 bridgehead atoms. The maximum Gasteiger partial charge on any atom is 0.345 e. The Hall–Kier alpha value is -1.16. The van der Waals surface area contributed by atoms with Gasteiger partial charge >= 0.3 is 5.69 Å². The van der Waals surface area contributed by atoms with E-state index in [1.807, 2.05) is 6.92 Å². The highest BCUT2D eigenvalue weighted by molar-refractivity contribution is 5.19. The highest BCUT2D eigenvalue weighted by atomic mass is 16.1. The normalized spacial score (nSPS) is 22.1. The van der Waals surface area contributed by atoms with Crippen molar-refractivity contribution in [3.63, 3.8) is 0 Å². The van der Waals surface area contributed by atoms with Gasteiger partial charge in [0.2, 0.25) is 0 Å². The van der Waals surface area contributed by atoms with Crippen molar-refractivity contribution < 1.29 is 0 Å². The Morgan fingerprint density at radius 2 is 2.46 bits per heavy atom. The Morgan fingerprint density at radius 1 is 1.62 bits per heavy atom. The van der Waals surface area contributed by atoms with Gasteiger partial charge in [-0.3, -0.25) is 0 Å². The fourth-order valence-corrected chi connectivity index (χ4v) is 1.79. The van der Waals surface area contributed by atoms with Crippen molar-refractivity contribution in [2.45, 2.75) is 25.8 Å². The van der Waals surface area contributed by atoms with Gasteiger partial charge in [-0.15, -0.1) is 0 Å². The van der Waals surface area contributed by atoms with Crippen LogP contribution >= 0.6 is 0 Å². The fourth-order valence-electron chi connectivity index (χ4n) is 1.79. The van der Waals surface area contributed by atoms with Crippen LogP contribution in [0.15, 0.2) is 11.0 Å². The molecule has 0 amide bonds. The summed E-state index contributed by atoms with van der Waals surface area (Å²) in [6, 6.07) is 0.379. The van der Waals surface area contributed by atoms with Crippen LogP contribution in [-0.2, 0) is 0 Å². The zero-order chi connectivity index (χ0) is 9.26. The van der Waals surface area contributed by atoms with E-state index >= 15 is 0 Å². The molecule has 1 aliphatic heterocycles. The monoisotopic (exact) mass is 179 g/mol. The summed E-state index contributed by atoms with van der Waals surface area (Å²) in [4.78, 5) is 17.3. The third kappa shape index (κ3) is 1.62. The van der Waals surface area contributed by atoms with E-state index in [2.05, 4.69) is 15.3 Å². The number of hydrogen-bond acceptors (Lipinski definition) is 3. The van der Waals surface area contributed by atoms with Gasteiger partial charge in [-0.05, 0) is 26.3 Å². The quantitative estimate of drug-likeness (QED) is 0.660. The van der Waals surface area contributed by atoms with Crippen molar-refractivity contribution in [3.8, 4) is 0 Å². The van der Waals surface area contributed by atoms with Gasteiger partial charge < -0.3 is 10.3 Å². The fraction of sp³-hybridized carbons (Fsp3) is 0.556. The largest absolute Gasteiger partial charge is 0.345 e. The minimum Gasteiger partial charge on any atom is -0.310 e. The number of nitrogens with zero attached hydrogens (tertiary/aromatic N) is 1. The zero-order valence-electron chi connectivity index (χ0n) is 7.63. The summed E-state index contributed by atoms with van der Waals surface area (Å²) < 4.78 is 0. The Labute approximate surface area is 76.4 Å². The first-order valence-electron chi connectivity index (χ1n) is 4.56. The average Bonchev–Trinajstić information content (AvgIpc) is 2.56. The Balaban J connectivity index is 2.34. The number of aromatic nitrogens is 2. The molecule has 0 aromatic carbocycles. The van der Waals surface area contributed by atoms with Gasteiger partial charge in [-0.2, -0.15) is 0 Å². The molecule has 2 rings (SSSR count). The van der Waals surface area contributed by atoms with E-state index in [1.165, 1.54) is 6.42 Å². The number of aryl methyl sites for hydroxylation is 1. The summed E-state index contributed by atoms with van der Waals surface area (Å²) in [6.45, 7) is 2.97. The van der Waals surface area contributed by atoms with E-state index in [9.17, 15) is 4.79 Å². The number of hydrogen-bond donors (Lipinski definition) is 2. The average molecular weight is 179 g/mol. The minimum absolute atomic E-state index is 0.265. The lowest BCUT2D eigenvalue weighted by Gasteiger charge is -2.11. The summed E-state index contributed by atoms with van der Waals surface area (Å²) in [5.41, 5.74) is 1.79. The molecule has 0 aliphatic carbocycles. The molecule has 2 N–H and O–H groups in total. The number of aromatic amines is 1. The molecule has 1 unspecified atom stereocenters. The molecule has 1 aromatic rings. The van der Waals surface area contributed by atoms with E-state index in [4.69, 9.17) is 0 Å². The van der Waals surface area contributed by atoms with Crippen molar-refractivity contribution in [2.24, 2.45) is 0 Å². The Morgan fingerprint density at radius 3 is 3.08 bits per heavy atom. The predicted molar refractivity (Wildman–Crippen MR) is 49.6 cm³/mol. The maximum absolute atomic E-state index is 10.9. The lowest BCUT2D eigenvalue weighted by atomic mass is 10.1. The van der Waals surface area contributed by atoms with E-state index in [1.54, 1.807) is 6.20 Å². The lowest BCUT2D eigenvalue weighted by Crippen LogP contribution is -2.19. The van der Waals surface area contributed by atoms with Crippen LogP contribution in [0.25, 0.3) is 0 Å². The Kier molecular flexibility index (Phi) is 2.14. The molecule has 0 saturated carbocycles. The SMILES string of the molecule is Cc1[nH]c(=O)ncc1C1CCCN1. The van der Waals surface area contributed by atoms with Crippen LogP contribution in [0.2, 0.25) is 0 Å². The molecule has 0 radical (unpaired) electrons. The van der Waals surface area contributed by atoms with Gasteiger partial charge in [0.05, 0.1) is 0 Å². The number of nitrogens with one attached hydrogen (secondary N) is 2. The molecule has 1 aliphatic rings. The molecule has 2 heterocycles. The lowest BCUT2D eigenvalue weighted by molar-refractivity contribution is 0.634. The molecule has 0 spiro atoms. The second-order valence-corrected chi connectivity index (χ2v) is 3.42. The van der Waals surface area contributed by atoms with E-state index in [0.717, 1.165) is 24.2 Å². The molecular weight excluding hydrogens is 166 g/mol. The van der Waals surface area contributed by atoms with Crippen molar-refractivity contribution in [1.82, 2.24) is 15.3 Å². The second kappa shape index (κ2) is 3.30. The topological polar surface area (TPSA) is 57.8 Å². The van der Waals surface area contributed by atoms with E-state index in [0.29, 0.717) is 6.04 Å². The van der Waals surface area contributed by atoms with Gasteiger partial charge in [0, 0.05) is 23.5 Å². The van der Waals surface area contributed by atoms with Crippen LogP contribution in [0.1, 0.15) is 30.1 Å². The summed E-state index contributed by atoms with van der Waals surface area (Å²) in [5.74, 6) is 0. The summed E-state index contributed by atoms with van der Waals surface area (Å²) >= 11 is 0. The van der Waals surface area contributed by atoms with Crippen LogP contribution in [0, 0.1) is 6.92 Å². The molecule has 1 saturated heterocycles. The zero-order valence-corrected chi connectivity index (χ0v) is 7.63. The van der Waals surface area contributed by atoms with Crippen LogP contribution < -0.4 is 11.0 Å². The molecule has 1 atom stereocenters. The highest BCUT2D eigenvalue weighted by Gasteiger charge is 2.18. The second-order valence-electron chi connectivity index (χ2n) is 3.42. The predicted octanol–water partition coefficient (Wildman–Crippen LogP) is 0.503.